The molecule has 0 aliphatic carbocycles. The van der Waals surface area contributed by atoms with Crippen LogP contribution in [0.25, 0.3) is 0 Å². The maximum Gasteiger partial charge on any atom is 0.224 e. The zero-order valence-corrected chi connectivity index (χ0v) is 10.3. The van der Waals surface area contributed by atoms with Crippen LogP contribution in [0.3, 0.4) is 0 Å². The van der Waals surface area contributed by atoms with Crippen molar-refractivity contribution in [1.82, 2.24) is 0 Å². The minimum absolute atomic E-state index is 0.0124. The molecular formula is C12H16F2N2O2. The van der Waals surface area contributed by atoms with Crippen molar-refractivity contribution in [1.29, 1.82) is 0 Å². The van der Waals surface area contributed by atoms with Crippen molar-refractivity contribution < 1.29 is 18.3 Å². The molecule has 1 rings (SSSR count). The Bertz CT molecular complexity index is 438. The van der Waals surface area contributed by atoms with Crippen LogP contribution in [0.5, 0.6) is 0 Å². The second-order valence-electron chi connectivity index (χ2n) is 4.14. The summed E-state index contributed by atoms with van der Waals surface area (Å²) in [6.45, 7) is 2.23. The largest absolute Gasteiger partial charge is 0.397 e. The Kier molecular flexibility index (Phi) is 5.03. The lowest BCUT2D eigenvalue weighted by Crippen LogP contribution is -2.19. The van der Waals surface area contributed by atoms with Gasteiger partial charge in [-0.1, -0.05) is 6.92 Å². The molecule has 6 heteroatoms. The lowest BCUT2D eigenvalue weighted by Gasteiger charge is -2.12. The zero-order valence-electron chi connectivity index (χ0n) is 10.3. The Morgan fingerprint density at radius 2 is 2.17 bits per heavy atom. The molecule has 0 bridgehead atoms. The van der Waals surface area contributed by atoms with Crippen LogP contribution in [0.1, 0.15) is 13.3 Å². The van der Waals surface area contributed by atoms with Gasteiger partial charge < -0.3 is 15.8 Å². The summed E-state index contributed by atoms with van der Waals surface area (Å²) in [6.07, 6.45) is 0.142. The van der Waals surface area contributed by atoms with Crippen molar-refractivity contribution in [3.05, 3.63) is 23.8 Å². The number of carbonyl (C=O) groups excluding carboxylic acids is 1. The van der Waals surface area contributed by atoms with Gasteiger partial charge in [0.2, 0.25) is 5.91 Å². The minimum Gasteiger partial charge on any atom is -0.397 e. The molecule has 1 unspecified atom stereocenters. The Hall–Kier alpha value is -1.69. The lowest BCUT2D eigenvalue weighted by molar-refractivity contribution is -0.117. The van der Waals surface area contributed by atoms with E-state index in [1.54, 1.807) is 0 Å². The first-order chi connectivity index (χ1) is 8.45. The first-order valence-electron chi connectivity index (χ1n) is 5.48. The summed E-state index contributed by atoms with van der Waals surface area (Å²) in [4.78, 5) is 11.6. The van der Waals surface area contributed by atoms with Crippen LogP contribution >= 0.6 is 0 Å². The van der Waals surface area contributed by atoms with Gasteiger partial charge in [-0.05, 0) is 18.1 Å². The summed E-state index contributed by atoms with van der Waals surface area (Å²) >= 11 is 0. The molecule has 18 heavy (non-hydrogen) atoms. The van der Waals surface area contributed by atoms with E-state index in [0.29, 0.717) is 6.61 Å². The van der Waals surface area contributed by atoms with E-state index >= 15 is 0 Å². The van der Waals surface area contributed by atoms with Gasteiger partial charge in [0.1, 0.15) is 5.69 Å². The number of anilines is 2. The fraction of sp³-hybridized carbons (Fsp3) is 0.417. The molecule has 0 aliphatic heterocycles. The van der Waals surface area contributed by atoms with E-state index in [2.05, 4.69) is 5.32 Å². The number of nitrogen functional groups attached to an aromatic ring is 1. The topological polar surface area (TPSA) is 64.3 Å². The fourth-order valence-corrected chi connectivity index (χ4v) is 1.54. The maximum absolute atomic E-state index is 13.4. The summed E-state index contributed by atoms with van der Waals surface area (Å²) in [5.41, 5.74) is 5.15. The molecule has 0 aromatic heterocycles. The highest BCUT2D eigenvalue weighted by Crippen LogP contribution is 2.24. The summed E-state index contributed by atoms with van der Waals surface area (Å²) in [7, 11) is 1.53. The van der Waals surface area contributed by atoms with E-state index in [0.717, 1.165) is 6.07 Å². The number of benzene rings is 1. The highest BCUT2D eigenvalue weighted by Gasteiger charge is 2.16. The van der Waals surface area contributed by atoms with Gasteiger partial charge in [-0.25, -0.2) is 8.78 Å². The summed E-state index contributed by atoms with van der Waals surface area (Å²) in [5, 5.41) is 2.27. The number of halogens is 2. The fourth-order valence-electron chi connectivity index (χ4n) is 1.54. The monoisotopic (exact) mass is 258 g/mol. The molecular weight excluding hydrogens is 242 g/mol. The average Bonchev–Trinajstić information content (AvgIpc) is 2.30. The van der Waals surface area contributed by atoms with Crippen molar-refractivity contribution in [2.24, 2.45) is 5.92 Å². The third-order valence-corrected chi connectivity index (χ3v) is 2.38. The Morgan fingerprint density at radius 1 is 1.50 bits per heavy atom. The number of ether oxygens (including phenoxy) is 1. The number of methoxy groups -OCH3 is 1. The van der Waals surface area contributed by atoms with E-state index < -0.39 is 17.5 Å². The van der Waals surface area contributed by atoms with Gasteiger partial charge in [0.25, 0.3) is 0 Å². The molecule has 3 N–H and O–H groups in total. The van der Waals surface area contributed by atoms with Crippen LogP contribution in [0, 0.1) is 17.6 Å². The molecule has 0 saturated heterocycles. The normalized spacial score (nSPS) is 12.2. The molecule has 4 nitrogen and oxygen atoms in total. The van der Waals surface area contributed by atoms with Crippen LogP contribution in [0.15, 0.2) is 12.1 Å². The van der Waals surface area contributed by atoms with Gasteiger partial charge in [-0.15, -0.1) is 0 Å². The molecule has 0 saturated carbocycles. The van der Waals surface area contributed by atoms with Gasteiger partial charge >= 0.3 is 0 Å². The van der Waals surface area contributed by atoms with Crippen LogP contribution in [0.4, 0.5) is 20.2 Å². The number of carbonyl (C=O) groups is 1. The summed E-state index contributed by atoms with van der Waals surface area (Å²) in [5.74, 6) is -2.66. The predicted molar refractivity (Wildman–Crippen MR) is 65.1 cm³/mol. The van der Waals surface area contributed by atoms with E-state index in [1.807, 2.05) is 6.92 Å². The van der Waals surface area contributed by atoms with Gasteiger partial charge in [-0.3, -0.25) is 4.79 Å². The standard InChI is InChI=1S/C12H16F2N2O2/c1-7(6-18-2)5-10(17)16-12-9(15)4-3-8(13)11(12)14/h3-4,7H,5-6,15H2,1-2H3,(H,16,17). The first-order valence-corrected chi connectivity index (χ1v) is 5.48. The summed E-state index contributed by atoms with van der Waals surface area (Å²) in [6, 6.07) is 2.11. The van der Waals surface area contributed by atoms with Crippen molar-refractivity contribution >= 4 is 17.3 Å². The Morgan fingerprint density at radius 3 is 2.78 bits per heavy atom. The molecule has 0 radical (unpaired) electrons. The van der Waals surface area contributed by atoms with Gasteiger partial charge in [0.05, 0.1) is 5.69 Å². The number of nitrogens with two attached hydrogens (primary N) is 1. The van der Waals surface area contributed by atoms with Crippen LogP contribution < -0.4 is 11.1 Å². The summed E-state index contributed by atoms with van der Waals surface area (Å²) < 4.78 is 31.3. The highest BCUT2D eigenvalue weighted by atomic mass is 19.2. The molecule has 0 heterocycles. The van der Waals surface area contributed by atoms with Crippen molar-refractivity contribution in [3.8, 4) is 0 Å². The smallest absolute Gasteiger partial charge is 0.224 e. The van der Waals surface area contributed by atoms with Crippen molar-refractivity contribution in [2.75, 3.05) is 24.8 Å². The van der Waals surface area contributed by atoms with E-state index in [4.69, 9.17) is 10.5 Å². The number of hydrogen-bond donors (Lipinski definition) is 2. The third-order valence-electron chi connectivity index (χ3n) is 2.38. The second-order valence-corrected chi connectivity index (χ2v) is 4.14. The average molecular weight is 258 g/mol. The van der Waals surface area contributed by atoms with Crippen LogP contribution in [-0.2, 0) is 9.53 Å². The highest BCUT2D eigenvalue weighted by molar-refractivity contribution is 5.94. The third kappa shape index (κ3) is 3.66. The van der Waals surface area contributed by atoms with Crippen molar-refractivity contribution in [2.45, 2.75) is 13.3 Å². The quantitative estimate of drug-likeness (QED) is 0.795. The molecule has 0 fully saturated rings. The SMILES string of the molecule is COCC(C)CC(=O)Nc1c(N)ccc(F)c1F. The molecule has 0 spiro atoms. The maximum atomic E-state index is 13.4. The zero-order chi connectivity index (χ0) is 13.7. The molecule has 0 aliphatic rings. The predicted octanol–water partition coefficient (Wildman–Crippen LogP) is 2.16. The van der Waals surface area contributed by atoms with E-state index in [1.165, 1.54) is 13.2 Å². The Labute approximate surface area is 104 Å². The van der Waals surface area contributed by atoms with Gasteiger partial charge in [-0.2, -0.15) is 0 Å². The lowest BCUT2D eigenvalue weighted by atomic mass is 10.1. The van der Waals surface area contributed by atoms with Gasteiger partial charge in [0.15, 0.2) is 11.6 Å². The number of hydrogen-bond acceptors (Lipinski definition) is 3. The molecule has 1 aromatic rings. The number of rotatable bonds is 5. The van der Waals surface area contributed by atoms with Crippen molar-refractivity contribution in [3.63, 3.8) is 0 Å². The van der Waals surface area contributed by atoms with E-state index in [9.17, 15) is 13.6 Å². The Balaban J connectivity index is 2.73. The molecule has 1 atom stereocenters. The van der Waals surface area contributed by atoms with Gasteiger partial charge in [0, 0.05) is 20.1 Å². The van der Waals surface area contributed by atoms with Crippen LogP contribution in [-0.4, -0.2) is 19.6 Å². The second kappa shape index (κ2) is 6.30. The molecule has 100 valence electrons. The number of amides is 1. The number of nitrogens with one attached hydrogen (secondary N) is 1. The molecule has 1 aromatic carbocycles. The van der Waals surface area contributed by atoms with E-state index in [-0.39, 0.29) is 23.7 Å². The van der Waals surface area contributed by atoms with Crippen LogP contribution in [0.2, 0.25) is 0 Å². The first kappa shape index (κ1) is 14.4. The minimum atomic E-state index is -1.15. The molecule has 1 amide bonds.